The molecule has 0 amide bonds. The van der Waals surface area contributed by atoms with Crippen LogP contribution < -0.4 is 0 Å². The summed E-state index contributed by atoms with van der Waals surface area (Å²) in [6.45, 7) is 6.70. The number of alkyl halides is 1. The van der Waals surface area contributed by atoms with Crippen LogP contribution in [0.2, 0.25) is 0 Å². The number of hydrogen-bond acceptors (Lipinski definition) is 2. The molecule has 1 aliphatic rings. The number of halogens is 1. The first-order chi connectivity index (χ1) is 11.2. The Bertz CT molecular complexity index is 832. The molecule has 120 valence electrons. The van der Waals surface area contributed by atoms with E-state index in [9.17, 15) is 4.39 Å². The van der Waals surface area contributed by atoms with Crippen LogP contribution in [0.5, 0.6) is 0 Å². The number of benzene rings is 1. The van der Waals surface area contributed by atoms with Gasteiger partial charge in [-0.15, -0.1) is 11.3 Å². The van der Waals surface area contributed by atoms with Crippen molar-refractivity contribution in [3.05, 3.63) is 52.0 Å². The second-order valence-electron chi connectivity index (χ2n) is 6.10. The zero-order valence-electron chi connectivity index (χ0n) is 14.1. The molecule has 0 N–H and O–H groups in total. The average molecular weight is 327 g/mol. The van der Waals surface area contributed by atoms with Gasteiger partial charge in [-0.25, -0.2) is 4.98 Å². The minimum Gasteiger partial charge on any atom is -0.255 e. The molecule has 0 spiro atoms. The Morgan fingerprint density at radius 2 is 1.65 bits per heavy atom. The molecular formula is C20H22FNS. The maximum absolute atomic E-state index is 9.50. The lowest BCUT2D eigenvalue weighted by Crippen LogP contribution is -1.96. The lowest BCUT2D eigenvalue weighted by molar-refractivity contribution is 0.636. The van der Waals surface area contributed by atoms with Crippen LogP contribution in [0.4, 0.5) is 4.39 Å². The Labute approximate surface area is 141 Å². The van der Waals surface area contributed by atoms with Crippen LogP contribution in [0.1, 0.15) is 40.5 Å². The van der Waals surface area contributed by atoms with Crippen molar-refractivity contribution in [2.75, 3.05) is 7.18 Å². The number of nitrogens with zero attached hydrogens (tertiary/aromatic N) is 1. The number of rotatable bonds is 2. The van der Waals surface area contributed by atoms with E-state index in [1.807, 2.05) is 11.3 Å². The topological polar surface area (TPSA) is 12.9 Å². The van der Waals surface area contributed by atoms with Gasteiger partial charge in [-0.2, -0.15) is 0 Å². The van der Waals surface area contributed by atoms with Crippen molar-refractivity contribution < 1.29 is 4.39 Å². The smallest absolute Gasteiger partial charge is 0.124 e. The highest BCUT2D eigenvalue weighted by atomic mass is 32.1. The third-order valence-corrected chi connectivity index (χ3v) is 5.73. The highest BCUT2D eigenvalue weighted by molar-refractivity contribution is 7.18. The number of thiophene rings is 1. The van der Waals surface area contributed by atoms with Crippen molar-refractivity contribution in [1.29, 1.82) is 0 Å². The Morgan fingerprint density at radius 3 is 2.26 bits per heavy atom. The van der Waals surface area contributed by atoms with Crippen molar-refractivity contribution >= 4 is 21.6 Å². The summed E-state index contributed by atoms with van der Waals surface area (Å²) < 4.78 is 9.50. The zero-order valence-corrected chi connectivity index (χ0v) is 14.9. The number of pyridine rings is 1. The third kappa shape index (κ3) is 2.78. The van der Waals surface area contributed by atoms with Gasteiger partial charge in [-0.3, -0.25) is 4.39 Å². The molecule has 1 saturated carbocycles. The first kappa shape index (κ1) is 16.1. The molecule has 1 nitrogen and oxygen atoms in total. The number of aromatic nitrogens is 1. The van der Waals surface area contributed by atoms with Gasteiger partial charge in [0.1, 0.15) is 4.83 Å². The third-order valence-electron chi connectivity index (χ3n) is 4.62. The van der Waals surface area contributed by atoms with E-state index in [-0.39, 0.29) is 0 Å². The molecule has 0 atom stereocenters. The molecule has 0 unspecified atom stereocenters. The van der Waals surface area contributed by atoms with Crippen LogP contribution in [0, 0.1) is 20.8 Å². The van der Waals surface area contributed by atoms with Crippen molar-refractivity contribution in [2.45, 2.75) is 39.5 Å². The summed E-state index contributed by atoms with van der Waals surface area (Å²) >= 11 is 1.84. The zero-order chi connectivity index (χ0) is 16.6. The predicted molar refractivity (Wildman–Crippen MR) is 98.3 cm³/mol. The summed E-state index contributed by atoms with van der Waals surface area (Å²) in [7, 11) is 0.500. The fraction of sp³-hybridized carbons (Fsp3) is 0.350. The molecule has 1 aromatic carbocycles. The molecule has 23 heavy (non-hydrogen) atoms. The Morgan fingerprint density at radius 1 is 1.00 bits per heavy atom. The van der Waals surface area contributed by atoms with Crippen LogP contribution in [-0.4, -0.2) is 12.2 Å². The second-order valence-corrected chi connectivity index (χ2v) is 7.30. The first-order valence-electron chi connectivity index (χ1n) is 8.00. The maximum atomic E-state index is 9.50. The Kier molecular flexibility index (Phi) is 4.49. The second kappa shape index (κ2) is 6.40. The van der Waals surface area contributed by atoms with Gasteiger partial charge in [-0.1, -0.05) is 30.3 Å². The monoisotopic (exact) mass is 327 g/mol. The summed E-state index contributed by atoms with van der Waals surface area (Å²) in [5.41, 5.74) is 6.85. The number of aryl methyl sites for hydroxylation is 2. The van der Waals surface area contributed by atoms with Crippen molar-refractivity contribution in [1.82, 2.24) is 4.98 Å². The fourth-order valence-corrected chi connectivity index (χ4v) is 4.26. The molecule has 3 heteroatoms. The van der Waals surface area contributed by atoms with Gasteiger partial charge in [0, 0.05) is 21.9 Å². The van der Waals surface area contributed by atoms with Gasteiger partial charge < -0.3 is 0 Å². The van der Waals surface area contributed by atoms with Crippen molar-refractivity contribution in [2.24, 2.45) is 0 Å². The normalized spacial score (nSPS) is 13.8. The minimum atomic E-state index is 0.500. The minimum absolute atomic E-state index is 0.500. The molecule has 1 fully saturated rings. The predicted octanol–water partition coefficient (Wildman–Crippen LogP) is 6.35. The lowest BCUT2D eigenvalue weighted by Gasteiger charge is -2.13. The fourth-order valence-electron chi connectivity index (χ4n) is 3.21. The Hall–Kier alpha value is -1.74. The molecule has 2 heterocycles. The molecular weight excluding hydrogens is 305 g/mol. The van der Waals surface area contributed by atoms with Crippen LogP contribution in [0.3, 0.4) is 0 Å². The Balaban J connectivity index is 0.000000753. The van der Waals surface area contributed by atoms with Crippen LogP contribution in [0.15, 0.2) is 30.3 Å². The molecule has 4 rings (SSSR count). The molecule has 3 aromatic rings. The van der Waals surface area contributed by atoms with Gasteiger partial charge in [0.15, 0.2) is 0 Å². The molecule has 2 aromatic heterocycles. The summed E-state index contributed by atoms with van der Waals surface area (Å²) in [5, 5.41) is 1.37. The van der Waals surface area contributed by atoms with E-state index in [0.717, 1.165) is 0 Å². The SMILES string of the molecule is CF.Cc1sc2nc(C3CC3)c(C)c(-c3ccccc3)c2c1C. The maximum Gasteiger partial charge on any atom is 0.124 e. The van der Waals surface area contributed by atoms with Gasteiger partial charge in [0.25, 0.3) is 0 Å². The van der Waals surface area contributed by atoms with Gasteiger partial charge in [0.05, 0.1) is 7.18 Å². The van der Waals surface area contributed by atoms with Gasteiger partial charge in [-0.05, 0) is 55.9 Å². The first-order valence-corrected chi connectivity index (χ1v) is 8.82. The number of fused-ring (bicyclic) bond motifs is 1. The van der Waals surface area contributed by atoms with Crippen LogP contribution in [-0.2, 0) is 0 Å². The van der Waals surface area contributed by atoms with Crippen molar-refractivity contribution in [3.63, 3.8) is 0 Å². The molecule has 0 saturated heterocycles. The quantitative estimate of drug-likeness (QED) is 0.534. The van der Waals surface area contributed by atoms with E-state index in [0.29, 0.717) is 13.1 Å². The van der Waals surface area contributed by atoms with E-state index >= 15 is 0 Å². The summed E-state index contributed by atoms with van der Waals surface area (Å²) in [5.74, 6) is 0.694. The van der Waals surface area contributed by atoms with Crippen LogP contribution in [0.25, 0.3) is 21.3 Å². The van der Waals surface area contributed by atoms with Gasteiger partial charge in [0.2, 0.25) is 0 Å². The van der Waals surface area contributed by atoms with Crippen LogP contribution >= 0.6 is 11.3 Å². The van der Waals surface area contributed by atoms with E-state index < -0.39 is 0 Å². The van der Waals surface area contributed by atoms with Gasteiger partial charge >= 0.3 is 0 Å². The highest BCUT2D eigenvalue weighted by Gasteiger charge is 2.29. The van der Waals surface area contributed by atoms with E-state index in [2.05, 4.69) is 51.1 Å². The largest absolute Gasteiger partial charge is 0.255 e. The number of hydrogen-bond donors (Lipinski definition) is 0. The molecule has 0 aliphatic heterocycles. The lowest BCUT2D eigenvalue weighted by atomic mass is 9.94. The van der Waals surface area contributed by atoms with Crippen molar-refractivity contribution in [3.8, 4) is 11.1 Å². The standard InChI is InChI=1S/C19H19NS.CH3F/c1-11-13(3)21-19-17(11)16(14-7-5-4-6-8-14)12(2)18(20-19)15-9-10-15;1-2/h4-8,15H,9-10H2,1-3H3;1H3. The molecule has 0 radical (unpaired) electrons. The average Bonchev–Trinajstić information content (AvgIpc) is 3.38. The molecule has 1 aliphatic carbocycles. The summed E-state index contributed by atoms with van der Waals surface area (Å²) in [4.78, 5) is 7.63. The summed E-state index contributed by atoms with van der Waals surface area (Å²) in [6.07, 6.45) is 2.60. The molecule has 0 bridgehead atoms. The van der Waals surface area contributed by atoms with E-state index in [1.54, 1.807) is 0 Å². The van der Waals surface area contributed by atoms with E-state index in [4.69, 9.17) is 4.98 Å². The summed E-state index contributed by atoms with van der Waals surface area (Å²) in [6, 6.07) is 10.8. The van der Waals surface area contributed by atoms with E-state index in [1.165, 1.54) is 55.9 Å². The highest BCUT2D eigenvalue weighted by Crippen LogP contribution is 2.46.